The van der Waals surface area contributed by atoms with Crippen molar-refractivity contribution < 1.29 is 42.9 Å². The van der Waals surface area contributed by atoms with E-state index in [9.17, 15) is 19.2 Å². The van der Waals surface area contributed by atoms with Gasteiger partial charge in [0, 0.05) is 27.7 Å². The van der Waals surface area contributed by atoms with Gasteiger partial charge in [0.25, 0.3) is 0 Å². The second-order valence-electron chi connectivity index (χ2n) is 5.31. The summed E-state index contributed by atoms with van der Waals surface area (Å²) in [5.41, 5.74) is 0. The van der Waals surface area contributed by atoms with Gasteiger partial charge < -0.3 is 23.7 Å². The van der Waals surface area contributed by atoms with Crippen molar-refractivity contribution >= 4 is 41.3 Å². The van der Waals surface area contributed by atoms with Crippen molar-refractivity contribution in [3.63, 3.8) is 0 Å². The van der Waals surface area contributed by atoms with Crippen LogP contribution < -0.4 is 0 Å². The maximum atomic E-state index is 11.5. The molecule has 0 aromatic rings. The fourth-order valence-corrected chi connectivity index (χ4v) is 2.47. The highest BCUT2D eigenvalue weighted by Gasteiger charge is 2.52. The van der Waals surface area contributed by atoms with Gasteiger partial charge in [-0.2, -0.15) is 4.99 Å². The van der Waals surface area contributed by atoms with Gasteiger partial charge in [0.05, 0.1) is 5.16 Å². The van der Waals surface area contributed by atoms with Crippen LogP contribution >= 0.6 is 12.2 Å². The highest BCUT2D eigenvalue weighted by Crippen LogP contribution is 2.29. The minimum Gasteiger partial charge on any atom is -0.463 e. The first-order chi connectivity index (χ1) is 12.1. The normalized spacial score (nSPS) is 27.5. The Labute approximate surface area is 154 Å². The third-order valence-electron chi connectivity index (χ3n) is 3.15. The topological polar surface area (TPSA) is 127 Å². The molecule has 0 spiro atoms. The fourth-order valence-electron chi connectivity index (χ4n) is 2.36. The lowest BCUT2D eigenvalue weighted by Gasteiger charge is -2.42. The number of aliphatic imine (C=N–C) groups is 1. The van der Waals surface area contributed by atoms with Crippen molar-refractivity contribution in [1.29, 1.82) is 0 Å². The van der Waals surface area contributed by atoms with Gasteiger partial charge in [0.15, 0.2) is 24.5 Å². The van der Waals surface area contributed by atoms with Crippen LogP contribution in [0, 0.1) is 0 Å². The number of thiocarbonyl (C=S) groups is 1. The van der Waals surface area contributed by atoms with Crippen LogP contribution in [0.4, 0.5) is 0 Å². The molecule has 1 fully saturated rings. The number of hydrogen-bond acceptors (Lipinski definition) is 11. The molecular weight excluding hydrogens is 370 g/mol. The van der Waals surface area contributed by atoms with E-state index in [-0.39, 0.29) is 6.61 Å². The number of isothiocyanates is 1. The minimum atomic E-state index is -1.26. The van der Waals surface area contributed by atoms with Crippen LogP contribution in [0.5, 0.6) is 0 Å². The van der Waals surface area contributed by atoms with E-state index in [1.54, 1.807) is 0 Å². The average molecular weight is 389 g/mol. The van der Waals surface area contributed by atoms with Crippen LogP contribution in [-0.2, 0) is 42.9 Å². The van der Waals surface area contributed by atoms with Crippen LogP contribution in [0.3, 0.4) is 0 Å². The highest BCUT2D eigenvalue weighted by molar-refractivity contribution is 7.78. The summed E-state index contributed by atoms with van der Waals surface area (Å²) in [5, 5.41) is 2.09. The molecular formula is C15H19NO9S. The molecule has 2 unspecified atom stereocenters. The van der Waals surface area contributed by atoms with Gasteiger partial charge in [-0.1, -0.05) is 0 Å². The lowest BCUT2D eigenvalue weighted by molar-refractivity contribution is -0.250. The van der Waals surface area contributed by atoms with Gasteiger partial charge >= 0.3 is 23.9 Å². The summed E-state index contributed by atoms with van der Waals surface area (Å²) in [6.07, 6.45) is -5.96. The number of esters is 4. The first kappa shape index (κ1) is 21.7. The summed E-state index contributed by atoms with van der Waals surface area (Å²) in [5.74, 6) is -2.74. The Morgan fingerprint density at radius 3 is 1.85 bits per heavy atom. The average Bonchev–Trinajstić information content (AvgIpc) is 2.50. The molecule has 1 aliphatic rings. The summed E-state index contributed by atoms with van der Waals surface area (Å²) in [7, 11) is 0. The zero-order valence-electron chi connectivity index (χ0n) is 14.6. The van der Waals surface area contributed by atoms with Crippen LogP contribution in [0.2, 0.25) is 0 Å². The highest BCUT2D eigenvalue weighted by atomic mass is 32.1. The molecule has 11 heteroatoms. The van der Waals surface area contributed by atoms with E-state index in [0.29, 0.717) is 0 Å². The molecule has 26 heavy (non-hydrogen) atoms. The van der Waals surface area contributed by atoms with Gasteiger partial charge in [0.1, 0.15) is 12.7 Å². The van der Waals surface area contributed by atoms with Crippen molar-refractivity contribution in [1.82, 2.24) is 0 Å². The Morgan fingerprint density at radius 1 is 0.885 bits per heavy atom. The molecule has 1 heterocycles. The van der Waals surface area contributed by atoms with E-state index in [2.05, 4.69) is 22.4 Å². The van der Waals surface area contributed by atoms with Crippen LogP contribution in [0.1, 0.15) is 27.7 Å². The van der Waals surface area contributed by atoms with Crippen molar-refractivity contribution in [2.24, 2.45) is 4.99 Å². The largest absolute Gasteiger partial charge is 0.463 e. The van der Waals surface area contributed by atoms with E-state index >= 15 is 0 Å². The summed E-state index contributed by atoms with van der Waals surface area (Å²) in [4.78, 5) is 49.3. The Balaban J connectivity index is 3.28. The van der Waals surface area contributed by atoms with Crippen LogP contribution in [-0.4, -0.2) is 66.3 Å². The van der Waals surface area contributed by atoms with Crippen molar-refractivity contribution in [2.75, 3.05) is 6.61 Å². The molecule has 1 saturated heterocycles. The zero-order chi connectivity index (χ0) is 19.9. The number of carbonyl (C=O) groups is 4. The summed E-state index contributed by atoms with van der Waals surface area (Å²) in [6.45, 7) is 4.26. The number of nitrogens with zero attached hydrogens (tertiary/aromatic N) is 1. The lowest BCUT2D eigenvalue weighted by atomic mass is 9.97. The van der Waals surface area contributed by atoms with Gasteiger partial charge in [-0.25, -0.2) is 0 Å². The standard InChI is InChI=1S/C15H19NO9S/c1-7(17)21-5-11-12(22-8(2)18)13(23-9(3)19)14(24-10(4)20)15(25-11)16-6-26/h11-15H,5H2,1-4H3/t11?,12-,13?,14-,15+/m1/s1. The molecule has 0 bridgehead atoms. The Kier molecular flexibility index (Phi) is 8.30. The molecule has 1 aliphatic heterocycles. The number of ether oxygens (including phenoxy) is 5. The third kappa shape index (κ3) is 6.51. The molecule has 0 amide bonds. The molecule has 0 radical (unpaired) electrons. The SMILES string of the molecule is CC(=O)OCC1O[C@H](N=C=S)[C@H](OC(C)=O)C(OC(C)=O)[C@@H]1OC(C)=O. The van der Waals surface area contributed by atoms with Crippen molar-refractivity contribution in [3.05, 3.63) is 0 Å². The molecule has 5 atom stereocenters. The lowest BCUT2D eigenvalue weighted by Crippen LogP contribution is -2.61. The summed E-state index contributed by atoms with van der Waals surface area (Å²) in [6, 6.07) is 0. The second-order valence-corrected chi connectivity index (χ2v) is 5.49. The van der Waals surface area contributed by atoms with E-state index < -0.39 is 54.5 Å². The molecule has 0 N–H and O–H groups in total. The molecule has 0 aliphatic carbocycles. The van der Waals surface area contributed by atoms with E-state index in [1.165, 1.54) is 6.92 Å². The van der Waals surface area contributed by atoms with E-state index in [1.807, 2.05) is 0 Å². The third-order valence-corrected chi connectivity index (χ3v) is 3.25. The predicted molar refractivity (Wildman–Crippen MR) is 87.0 cm³/mol. The van der Waals surface area contributed by atoms with Crippen molar-refractivity contribution in [3.8, 4) is 0 Å². The molecule has 0 aromatic carbocycles. The Morgan fingerprint density at radius 2 is 1.38 bits per heavy atom. The molecule has 0 saturated carbocycles. The quantitative estimate of drug-likeness (QED) is 0.268. The van der Waals surface area contributed by atoms with Gasteiger partial charge in [-0.15, -0.1) is 0 Å². The van der Waals surface area contributed by atoms with Gasteiger partial charge in [-0.05, 0) is 12.2 Å². The molecule has 144 valence electrons. The molecule has 0 aromatic heterocycles. The maximum absolute atomic E-state index is 11.5. The first-order valence-corrected chi connectivity index (χ1v) is 7.94. The minimum absolute atomic E-state index is 0.318. The van der Waals surface area contributed by atoms with Crippen LogP contribution in [0.25, 0.3) is 0 Å². The number of rotatable bonds is 6. The Bertz CT molecular complexity index is 616. The smallest absolute Gasteiger partial charge is 0.303 e. The van der Waals surface area contributed by atoms with Crippen LogP contribution in [0.15, 0.2) is 4.99 Å². The Hall–Kier alpha value is -2.36. The predicted octanol–water partition coefficient (Wildman–Crippen LogP) is 0.172. The molecule has 10 nitrogen and oxygen atoms in total. The second kappa shape index (κ2) is 9.95. The van der Waals surface area contributed by atoms with Crippen molar-refractivity contribution in [2.45, 2.75) is 58.3 Å². The van der Waals surface area contributed by atoms with E-state index in [4.69, 9.17) is 23.7 Å². The fraction of sp³-hybridized carbons (Fsp3) is 0.667. The van der Waals surface area contributed by atoms with Gasteiger partial charge in [0.2, 0.25) is 0 Å². The van der Waals surface area contributed by atoms with Gasteiger partial charge in [-0.3, -0.25) is 19.2 Å². The summed E-state index contributed by atoms with van der Waals surface area (Å²) < 4.78 is 26.0. The molecule has 1 rings (SSSR count). The van der Waals surface area contributed by atoms with E-state index in [0.717, 1.165) is 20.8 Å². The monoisotopic (exact) mass is 389 g/mol. The number of hydrogen-bond donors (Lipinski definition) is 0. The number of carbonyl (C=O) groups excluding carboxylic acids is 4. The maximum Gasteiger partial charge on any atom is 0.303 e. The zero-order valence-corrected chi connectivity index (χ0v) is 15.4. The summed E-state index contributed by atoms with van der Waals surface area (Å²) >= 11 is 4.55. The first-order valence-electron chi connectivity index (χ1n) is 7.53.